The molecule has 0 unspecified atom stereocenters. The predicted octanol–water partition coefficient (Wildman–Crippen LogP) is 1.22. The standard InChI is InChI=1S/C12H12As2N2O2.C6H5NO5S.2ClH/c15-9-5-7(1-3-11(9)17)13-14-8-2-4-12(18)10(16)6-8;8-7(9)5-1-3-6(4-2-5)13(10,11)12;;/h1-6,17-18H,15-16H2;1-4H,(H,10,11,12);2*1H. The van der Waals surface area contributed by atoms with E-state index in [4.69, 9.17) is 16.0 Å². The molecule has 178 valence electrons. The molecule has 0 heterocycles. The maximum absolute atomic E-state index is 10.5. The van der Waals surface area contributed by atoms with Gasteiger partial charge in [-0.15, -0.1) is 24.8 Å². The first-order valence-electron chi connectivity index (χ1n) is 8.28. The Bertz CT molecular complexity index is 1190. The fourth-order valence-corrected chi connectivity index (χ4v) is 9.68. The van der Waals surface area contributed by atoms with Crippen LogP contribution in [0.3, 0.4) is 0 Å². The molecule has 0 aliphatic rings. The molecular weight excluding hydrogens is 623 g/mol. The molecule has 0 radical (unpaired) electrons. The van der Waals surface area contributed by atoms with Crippen molar-refractivity contribution in [3.63, 3.8) is 0 Å². The smallest absolute Gasteiger partial charge is 0.282 e. The molecule has 0 fully saturated rings. The monoisotopic (exact) mass is 641 g/mol. The molecule has 0 bridgehead atoms. The Morgan fingerprint density at radius 1 is 0.788 bits per heavy atom. The number of anilines is 2. The average Bonchev–Trinajstić information content (AvgIpc) is 2.71. The number of rotatable bonds is 4. The summed E-state index contributed by atoms with van der Waals surface area (Å²) < 4.78 is 31.9. The van der Waals surface area contributed by atoms with Crippen molar-refractivity contribution in [1.82, 2.24) is 0 Å². The van der Waals surface area contributed by atoms with Crippen LogP contribution in [0.25, 0.3) is 0 Å². The second-order valence-corrected chi connectivity index (χ2v) is 14.7. The Kier molecular flexibility index (Phi) is 12.7. The fraction of sp³-hybridized carbons (Fsp3) is 0. The van der Waals surface area contributed by atoms with Gasteiger partial charge in [0.1, 0.15) is 0 Å². The summed E-state index contributed by atoms with van der Waals surface area (Å²) in [6.45, 7) is 0. The molecule has 0 amide bonds. The van der Waals surface area contributed by atoms with Crippen molar-refractivity contribution in [3.05, 3.63) is 70.8 Å². The number of benzene rings is 3. The molecule has 0 aliphatic heterocycles. The third-order valence-corrected chi connectivity index (χ3v) is 13.0. The third kappa shape index (κ3) is 9.71. The van der Waals surface area contributed by atoms with E-state index in [-0.39, 0.29) is 73.2 Å². The van der Waals surface area contributed by atoms with Crippen molar-refractivity contribution < 1.29 is 28.1 Å². The molecule has 7 N–H and O–H groups in total. The predicted molar refractivity (Wildman–Crippen MR) is 133 cm³/mol. The Hall–Kier alpha value is -2.13. The molecule has 10 nitrogen and oxygen atoms in total. The number of phenolic OH excluding ortho intramolecular Hbond substituents is 2. The van der Waals surface area contributed by atoms with E-state index >= 15 is 0 Å². The van der Waals surface area contributed by atoms with Crippen LogP contribution in [0.2, 0.25) is 0 Å². The number of hydrogen-bond acceptors (Lipinski definition) is 8. The fourth-order valence-electron chi connectivity index (χ4n) is 2.06. The van der Waals surface area contributed by atoms with Crippen LogP contribution in [0.15, 0.2) is 65.6 Å². The summed E-state index contributed by atoms with van der Waals surface area (Å²) >= 11 is 0.0278. The molecule has 0 saturated carbocycles. The number of phenols is 2. The first kappa shape index (κ1) is 30.9. The average molecular weight is 642 g/mol. The summed E-state index contributed by atoms with van der Waals surface area (Å²) in [6, 6.07) is 14.7. The summed E-state index contributed by atoms with van der Waals surface area (Å²) in [5.74, 6) is 0.259. The topological polar surface area (TPSA) is 190 Å². The molecule has 0 aromatic heterocycles. The quantitative estimate of drug-likeness (QED) is 0.0696. The number of halogens is 2. The number of aromatic hydroxyl groups is 2. The van der Waals surface area contributed by atoms with E-state index in [1.807, 2.05) is 24.3 Å². The van der Waals surface area contributed by atoms with Gasteiger partial charge in [0.15, 0.2) is 0 Å². The molecule has 15 heteroatoms. The second-order valence-electron chi connectivity index (χ2n) is 5.91. The van der Waals surface area contributed by atoms with E-state index in [0.29, 0.717) is 11.4 Å². The van der Waals surface area contributed by atoms with Gasteiger partial charge in [0.25, 0.3) is 15.8 Å². The molecule has 0 saturated heterocycles. The summed E-state index contributed by atoms with van der Waals surface area (Å²) in [4.78, 5) is 9.13. The summed E-state index contributed by atoms with van der Waals surface area (Å²) in [5.41, 5.74) is 11.9. The van der Waals surface area contributed by atoms with E-state index in [9.17, 15) is 28.7 Å². The van der Waals surface area contributed by atoms with E-state index in [2.05, 4.69) is 0 Å². The van der Waals surface area contributed by atoms with Crippen LogP contribution < -0.4 is 20.2 Å². The molecule has 33 heavy (non-hydrogen) atoms. The number of nitro groups is 1. The van der Waals surface area contributed by atoms with Crippen molar-refractivity contribution >= 4 is 87.0 Å². The van der Waals surface area contributed by atoms with Crippen LogP contribution in [0.1, 0.15) is 0 Å². The molecular formula is C18H19As2Cl2N3O7S. The van der Waals surface area contributed by atoms with Gasteiger partial charge >= 0.3 is 116 Å². The number of non-ortho nitro benzene ring substituents is 1. The summed E-state index contributed by atoms with van der Waals surface area (Å²) in [7, 11) is -4.27. The zero-order valence-electron chi connectivity index (χ0n) is 16.5. The minimum absolute atomic E-state index is 0. The Balaban J connectivity index is 0.000000613. The van der Waals surface area contributed by atoms with Crippen molar-refractivity contribution in [1.29, 1.82) is 0 Å². The van der Waals surface area contributed by atoms with Gasteiger partial charge in [-0.25, -0.2) is 0 Å². The van der Waals surface area contributed by atoms with E-state index in [1.165, 1.54) is 8.70 Å². The van der Waals surface area contributed by atoms with Crippen molar-refractivity contribution in [3.8, 4) is 11.5 Å². The summed E-state index contributed by atoms with van der Waals surface area (Å²) in [5, 5.41) is 28.8. The number of nitrogens with two attached hydrogens (primary N) is 2. The molecule has 3 aromatic rings. The Morgan fingerprint density at radius 2 is 1.18 bits per heavy atom. The van der Waals surface area contributed by atoms with Crippen LogP contribution >= 0.6 is 24.8 Å². The van der Waals surface area contributed by atoms with Crippen LogP contribution in [-0.2, 0) is 10.1 Å². The maximum Gasteiger partial charge on any atom is 0.294 e. The Morgan fingerprint density at radius 3 is 1.48 bits per heavy atom. The number of hydrogen-bond donors (Lipinski definition) is 5. The van der Waals surface area contributed by atoms with Crippen LogP contribution in [-0.4, -0.2) is 54.4 Å². The van der Waals surface area contributed by atoms with Gasteiger partial charge in [0.05, 0.1) is 9.82 Å². The van der Waals surface area contributed by atoms with Crippen LogP contribution in [0, 0.1) is 10.1 Å². The molecule has 3 rings (SSSR count). The first-order valence-corrected chi connectivity index (χ1v) is 16.8. The minimum atomic E-state index is -4.27. The molecule has 0 aliphatic carbocycles. The SMILES string of the molecule is Cl.Cl.Nc1cc(/[As]=[As]/c2ccc(O)c(N)c2)ccc1O.O=[N+]([O-])c1ccc(S(=O)(=O)O)cc1. The van der Waals surface area contributed by atoms with Gasteiger partial charge in [0, 0.05) is 12.1 Å². The van der Waals surface area contributed by atoms with Crippen LogP contribution in [0.5, 0.6) is 11.5 Å². The van der Waals surface area contributed by atoms with Gasteiger partial charge < -0.3 is 0 Å². The van der Waals surface area contributed by atoms with Gasteiger partial charge in [-0.2, -0.15) is 8.42 Å². The molecule has 3 aromatic carbocycles. The van der Waals surface area contributed by atoms with Crippen molar-refractivity contribution in [2.75, 3.05) is 11.5 Å². The van der Waals surface area contributed by atoms with Gasteiger partial charge in [-0.05, 0) is 12.1 Å². The first-order chi connectivity index (χ1) is 14.5. The van der Waals surface area contributed by atoms with Crippen molar-refractivity contribution in [2.24, 2.45) is 0 Å². The number of nitro benzene ring substituents is 1. The van der Waals surface area contributed by atoms with Gasteiger partial charge in [-0.1, -0.05) is 0 Å². The number of nitrogens with zero attached hydrogens (tertiary/aromatic N) is 1. The maximum atomic E-state index is 10.5. The van der Waals surface area contributed by atoms with E-state index in [1.54, 1.807) is 12.1 Å². The molecule has 0 atom stereocenters. The van der Waals surface area contributed by atoms with Crippen LogP contribution in [0.4, 0.5) is 17.1 Å². The van der Waals surface area contributed by atoms with E-state index < -0.39 is 15.0 Å². The minimum Gasteiger partial charge on any atom is -0.282 e. The summed E-state index contributed by atoms with van der Waals surface area (Å²) in [6.07, 6.45) is 0. The third-order valence-electron chi connectivity index (χ3n) is 3.65. The Labute approximate surface area is 212 Å². The molecule has 0 spiro atoms. The second kappa shape index (κ2) is 13.5. The normalized spacial score (nSPS) is 10.3. The van der Waals surface area contributed by atoms with Gasteiger partial charge in [0.2, 0.25) is 0 Å². The number of nitrogen functional groups attached to an aromatic ring is 2. The van der Waals surface area contributed by atoms with Crippen molar-refractivity contribution in [2.45, 2.75) is 4.90 Å². The van der Waals surface area contributed by atoms with E-state index in [0.717, 1.165) is 24.3 Å². The van der Waals surface area contributed by atoms with Gasteiger partial charge in [-0.3, -0.25) is 14.7 Å². The largest absolute Gasteiger partial charge is 0.294 e. The zero-order chi connectivity index (χ0) is 23.2. The zero-order valence-corrected chi connectivity index (χ0v) is 22.7.